The quantitative estimate of drug-likeness (QED) is 0.332. The van der Waals surface area contributed by atoms with Crippen molar-refractivity contribution in [2.45, 2.75) is 90.5 Å². The van der Waals surface area contributed by atoms with Gasteiger partial charge in [0.15, 0.2) is 0 Å². The third-order valence-corrected chi connectivity index (χ3v) is 8.32. The first-order valence-corrected chi connectivity index (χ1v) is 13.2. The number of hydrogen-bond donors (Lipinski definition) is 1. The molecule has 3 fully saturated rings. The van der Waals surface area contributed by atoms with Crippen molar-refractivity contribution in [2.24, 2.45) is 23.7 Å². The Morgan fingerprint density at radius 1 is 1.37 bits per heavy atom. The van der Waals surface area contributed by atoms with Crippen LogP contribution in [0.5, 0.6) is 0 Å². The highest BCUT2D eigenvalue weighted by molar-refractivity contribution is 5.98. The third-order valence-electron chi connectivity index (χ3n) is 8.32. The van der Waals surface area contributed by atoms with E-state index in [1.165, 1.54) is 0 Å². The van der Waals surface area contributed by atoms with Gasteiger partial charge in [-0.25, -0.2) is 0 Å². The van der Waals surface area contributed by atoms with Crippen molar-refractivity contribution < 1.29 is 29.0 Å². The number of carbonyl (C=O) groups is 3. The highest BCUT2D eigenvalue weighted by Crippen LogP contribution is 2.65. The minimum absolute atomic E-state index is 0.0441. The van der Waals surface area contributed by atoms with Gasteiger partial charge in [-0.1, -0.05) is 40.2 Å². The van der Waals surface area contributed by atoms with Crippen LogP contribution in [0.25, 0.3) is 0 Å². The van der Waals surface area contributed by atoms with Crippen LogP contribution in [0.3, 0.4) is 0 Å². The summed E-state index contributed by atoms with van der Waals surface area (Å²) in [6.07, 6.45) is 4.48. The second-order valence-corrected chi connectivity index (χ2v) is 11.1. The highest BCUT2D eigenvalue weighted by atomic mass is 16.6. The molecule has 198 valence electrons. The molecule has 0 aromatic heterocycles. The van der Waals surface area contributed by atoms with E-state index in [9.17, 15) is 19.5 Å². The zero-order valence-electron chi connectivity index (χ0n) is 22.3. The number of unbranched alkanes of at least 4 members (excludes halogenated alkanes) is 1. The number of ether oxygens (including phenoxy) is 2. The summed E-state index contributed by atoms with van der Waals surface area (Å²) in [4.78, 5) is 44.9. The minimum Gasteiger partial charge on any atom is -0.466 e. The van der Waals surface area contributed by atoms with Crippen LogP contribution in [0.4, 0.5) is 0 Å². The van der Waals surface area contributed by atoms with E-state index in [1.807, 2.05) is 27.7 Å². The molecule has 0 saturated carbocycles. The van der Waals surface area contributed by atoms with Crippen molar-refractivity contribution in [3.8, 4) is 0 Å². The van der Waals surface area contributed by atoms with Gasteiger partial charge in [-0.2, -0.15) is 0 Å². The number of esters is 1. The molecule has 8 heteroatoms. The van der Waals surface area contributed by atoms with Crippen LogP contribution in [0.15, 0.2) is 12.7 Å². The van der Waals surface area contributed by atoms with Crippen molar-refractivity contribution >= 4 is 17.8 Å². The maximum Gasteiger partial charge on any atom is 0.312 e. The van der Waals surface area contributed by atoms with Crippen LogP contribution in [0.2, 0.25) is 0 Å². The molecule has 0 aromatic rings. The molecule has 2 amide bonds. The summed E-state index contributed by atoms with van der Waals surface area (Å²) >= 11 is 0. The van der Waals surface area contributed by atoms with E-state index in [2.05, 4.69) is 13.5 Å². The second-order valence-electron chi connectivity index (χ2n) is 11.1. The first kappa shape index (κ1) is 27.7. The van der Waals surface area contributed by atoms with Crippen molar-refractivity contribution in [3.63, 3.8) is 0 Å². The molecular weight excluding hydrogens is 448 g/mol. The Balaban J connectivity index is 2.15. The van der Waals surface area contributed by atoms with Gasteiger partial charge in [0.05, 0.1) is 30.8 Å². The summed E-state index contributed by atoms with van der Waals surface area (Å²) in [6.45, 7) is 16.4. The van der Waals surface area contributed by atoms with Gasteiger partial charge >= 0.3 is 5.97 Å². The number of fused-ring (bicyclic) bond motifs is 1. The zero-order valence-corrected chi connectivity index (χ0v) is 22.3. The van der Waals surface area contributed by atoms with Crippen LogP contribution >= 0.6 is 0 Å². The first-order chi connectivity index (χ1) is 16.5. The summed E-state index contributed by atoms with van der Waals surface area (Å²) in [5, 5.41) is 10.4. The molecule has 0 aliphatic carbocycles. The molecule has 3 aliphatic rings. The highest BCUT2D eigenvalue weighted by Gasteiger charge is 2.80. The molecule has 0 aromatic carbocycles. The minimum atomic E-state index is -1.13. The van der Waals surface area contributed by atoms with E-state index in [1.54, 1.807) is 22.8 Å². The van der Waals surface area contributed by atoms with E-state index in [0.29, 0.717) is 25.9 Å². The third kappa shape index (κ3) is 4.41. The Hall–Kier alpha value is -1.93. The van der Waals surface area contributed by atoms with E-state index >= 15 is 0 Å². The number of rotatable bonds is 12. The number of likely N-dealkylation sites (tertiary alicyclic amines) is 1. The van der Waals surface area contributed by atoms with Gasteiger partial charge < -0.3 is 24.4 Å². The molecule has 8 nitrogen and oxygen atoms in total. The largest absolute Gasteiger partial charge is 0.466 e. The molecule has 0 radical (unpaired) electrons. The Bertz CT molecular complexity index is 830. The Morgan fingerprint density at radius 2 is 2.06 bits per heavy atom. The monoisotopic (exact) mass is 492 g/mol. The van der Waals surface area contributed by atoms with E-state index in [-0.39, 0.29) is 36.9 Å². The van der Waals surface area contributed by atoms with Gasteiger partial charge in [0.2, 0.25) is 11.8 Å². The van der Waals surface area contributed by atoms with Crippen molar-refractivity contribution in [1.82, 2.24) is 9.80 Å². The van der Waals surface area contributed by atoms with E-state index in [4.69, 9.17) is 9.47 Å². The van der Waals surface area contributed by atoms with Crippen molar-refractivity contribution in [3.05, 3.63) is 12.7 Å². The van der Waals surface area contributed by atoms with Crippen molar-refractivity contribution in [1.29, 1.82) is 0 Å². The normalized spacial score (nSPS) is 34.3. The van der Waals surface area contributed by atoms with Gasteiger partial charge in [-0.3, -0.25) is 14.4 Å². The van der Waals surface area contributed by atoms with E-state index < -0.39 is 41.1 Å². The summed E-state index contributed by atoms with van der Waals surface area (Å²) in [7, 11) is 0. The summed E-state index contributed by atoms with van der Waals surface area (Å²) in [5.41, 5.74) is -2.02. The number of aliphatic hydroxyl groups is 1. The van der Waals surface area contributed by atoms with Crippen LogP contribution in [-0.4, -0.2) is 82.3 Å². The molecule has 1 N–H and O–H groups in total. The molecule has 35 heavy (non-hydrogen) atoms. The fourth-order valence-corrected chi connectivity index (χ4v) is 6.73. The predicted octanol–water partition coefficient (Wildman–Crippen LogP) is 2.78. The average Bonchev–Trinajstić information content (AvgIpc) is 3.31. The van der Waals surface area contributed by atoms with Gasteiger partial charge in [0, 0.05) is 13.1 Å². The van der Waals surface area contributed by atoms with Crippen LogP contribution in [0.1, 0.15) is 67.2 Å². The average molecular weight is 493 g/mol. The number of amides is 2. The summed E-state index contributed by atoms with van der Waals surface area (Å²) < 4.78 is 12.1. The first-order valence-electron chi connectivity index (χ1n) is 13.2. The maximum absolute atomic E-state index is 14.2. The predicted molar refractivity (Wildman–Crippen MR) is 132 cm³/mol. The lowest BCUT2D eigenvalue weighted by atomic mass is 9.62. The Kier molecular flexibility index (Phi) is 8.37. The fourth-order valence-electron chi connectivity index (χ4n) is 6.73. The molecule has 3 saturated heterocycles. The molecule has 1 spiro atoms. The van der Waals surface area contributed by atoms with Crippen molar-refractivity contribution in [2.75, 3.05) is 26.3 Å². The number of nitrogens with zero attached hydrogens (tertiary/aromatic N) is 2. The van der Waals surface area contributed by atoms with Crippen LogP contribution in [-0.2, 0) is 23.9 Å². The fraction of sp³-hybridized carbons (Fsp3) is 0.815. The molecule has 3 heterocycles. The maximum atomic E-state index is 14.2. The molecule has 2 bridgehead atoms. The van der Waals surface area contributed by atoms with Gasteiger partial charge in [-0.05, 0) is 44.9 Å². The van der Waals surface area contributed by atoms with Gasteiger partial charge in [0.1, 0.15) is 17.6 Å². The number of aliphatic hydroxyl groups excluding tert-OH is 1. The smallest absolute Gasteiger partial charge is 0.312 e. The molecule has 3 rings (SSSR count). The van der Waals surface area contributed by atoms with Gasteiger partial charge in [0.25, 0.3) is 0 Å². The molecule has 3 unspecified atom stereocenters. The molecule has 3 aliphatic heterocycles. The SMILES string of the molecule is C=CCN(CCCC)C(=O)C1N([C@@H](CO)CC(C)C)C(=O)[C@@H]2[C@@H](C(=O)OCC)[C@]3(C)OC12CC3C. The van der Waals surface area contributed by atoms with E-state index in [0.717, 1.165) is 12.8 Å². The number of hydrogen-bond acceptors (Lipinski definition) is 6. The molecule has 7 atom stereocenters. The summed E-state index contributed by atoms with van der Waals surface area (Å²) in [6, 6.07) is -1.45. The lowest BCUT2D eigenvalue weighted by Crippen LogP contribution is -2.59. The Morgan fingerprint density at radius 3 is 2.60 bits per heavy atom. The topological polar surface area (TPSA) is 96.4 Å². The van der Waals surface area contributed by atoms with Gasteiger partial charge in [-0.15, -0.1) is 6.58 Å². The lowest BCUT2D eigenvalue weighted by Gasteiger charge is -2.40. The van der Waals surface area contributed by atoms with Crippen LogP contribution < -0.4 is 0 Å². The van der Waals surface area contributed by atoms with Crippen LogP contribution in [0, 0.1) is 23.7 Å². The zero-order chi connectivity index (χ0) is 26.1. The lowest BCUT2D eigenvalue weighted by molar-refractivity contribution is -0.163. The standard InChI is InChI=1S/C27H44N2O6/c1-8-11-13-28(12-9-2)24(32)22-27-15-18(6)26(7,35-27)21(25(33)34-10-3)20(27)23(31)29(22)19(16-30)14-17(4)5/h9,17-22,30H,2,8,10-16H2,1,3-7H3/t18?,19-,20+,21+,22?,26-,27?/m1/s1. The summed E-state index contributed by atoms with van der Waals surface area (Å²) in [5.74, 6) is -2.38. The number of carbonyl (C=O) groups excluding carboxylic acids is 3. The Labute approximate surface area is 210 Å². The second kappa shape index (κ2) is 10.6. The molecular formula is C27H44N2O6.